The Kier molecular flexibility index (Phi) is 5.28. The Balaban J connectivity index is 2.21. The highest BCUT2D eigenvalue weighted by atomic mass is 79.9. The maximum atomic E-state index is 9.57. The molecule has 0 amide bonds. The summed E-state index contributed by atoms with van der Waals surface area (Å²) >= 11 is 15.5. The Morgan fingerprint density at radius 1 is 1.05 bits per heavy atom. The summed E-state index contributed by atoms with van der Waals surface area (Å²) in [4.78, 5) is 0. The molecule has 0 aliphatic rings. The Hall–Kier alpha value is -0.540. The highest BCUT2D eigenvalue weighted by Gasteiger charge is 2.13. The minimum absolute atomic E-state index is 0.0341. The van der Waals surface area contributed by atoms with Crippen molar-refractivity contribution in [3.8, 4) is 0 Å². The van der Waals surface area contributed by atoms with Gasteiger partial charge in [-0.15, -0.1) is 0 Å². The van der Waals surface area contributed by atoms with Gasteiger partial charge in [-0.3, -0.25) is 0 Å². The van der Waals surface area contributed by atoms with E-state index in [-0.39, 0.29) is 12.5 Å². The van der Waals surface area contributed by atoms with Gasteiger partial charge >= 0.3 is 0 Å². The van der Waals surface area contributed by atoms with Crippen molar-refractivity contribution in [1.82, 2.24) is 0 Å². The van der Waals surface area contributed by atoms with Crippen LogP contribution in [0.2, 0.25) is 10.0 Å². The molecule has 0 heterocycles. The number of benzene rings is 2. The van der Waals surface area contributed by atoms with Gasteiger partial charge in [-0.25, -0.2) is 0 Å². The van der Waals surface area contributed by atoms with Crippen LogP contribution in [0.5, 0.6) is 0 Å². The van der Waals surface area contributed by atoms with E-state index in [0.29, 0.717) is 16.5 Å². The standard InChI is InChI=1S/C15H13BrCl2O/c16-13-4-1-10(2-5-13)12(9-19)7-11-3-6-14(17)8-15(11)18/h1-6,8,12,19H,7,9H2. The quantitative estimate of drug-likeness (QED) is 0.807. The highest BCUT2D eigenvalue weighted by Crippen LogP contribution is 2.27. The van der Waals surface area contributed by atoms with Crippen LogP contribution in [0.15, 0.2) is 46.9 Å². The Labute approximate surface area is 131 Å². The lowest BCUT2D eigenvalue weighted by Gasteiger charge is -2.16. The molecular weight excluding hydrogens is 347 g/mol. The molecule has 19 heavy (non-hydrogen) atoms. The molecule has 0 saturated heterocycles. The molecule has 0 aliphatic carbocycles. The van der Waals surface area contributed by atoms with Gasteiger partial charge < -0.3 is 5.11 Å². The SMILES string of the molecule is OCC(Cc1ccc(Cl)cc1Cl)c1ccc(Br)cc1. The van der Waals surface area contributed by atoms with E-state index in [1.54, 1.807) is 6.07 Å². The maximum Gasteiger partial charge on any atom is 0.0502 e. The van der Waals surface area contributed by atoms with E-state index < -0.39 is 0 Å². The maximum absolute atomic E-state index is 9.57. The summed E-state index contributed by atoms with van der Waals surface area (Å²) in [6, 6.07) is 13.4. The van der Waals surface area contributed by atoms with Gasteiger partial charge in [0.15, 0.2) is 0 Å². The first-order valence-electron chi connectivity index (χ1n) is 5.90. The first kappa shape index (κ1) is 14.9. The molecule has 0 aromatic heterocycles. The van der Waals surface area contributed by atoms with Crippen LogP contribution >= 0.6 is 39.1 Å². The van der Waals surface area contributed by atoms with E-state index in [1.807, 2.05) is 36.4 Å². The van der Waals surface area contributed by atoms with E-state index in [4.69, 9.17) is 23.2 Å². The van der Waals surface area contributed by atoms with E-state index >= 15 is 0 Å². The summed E-state index contributed by atoms with van der Waals surface area (Å²) in [5.74, 6) is 0.0341. The number of aliphatic hydroxyl groups excluding tert-OH is 1. The first-order chi connectivity index (χ1) is 9.10. The third-order valence-electron chi connectivity index (χ3n) is 3.04. The molecule has 100 valence electrons. The van der Waals surface area contributed by atoms with E-state index in [0.717, 1.165) is 15.6 Å². The topological polar surface area (TPSA) is 20.2 Å². The minimum Gasteiger partial charge on any atom is -0.396 e. The molecule has 1 nitrogen and oxygen atoms in total. The zero-order chi connectivity index (χ0) is 13.8. The van der Waals surface area contributed by atoms with E-state index in [9.17, 15) is 5.11 Å². The number of rotatable bonds is 4. The van der Waals surface area contributed by atoms with Crippen LogP contribution in [-0.4, -0.2) is 11.7 Å². The van der Waals surface area contributed by atoms with Crippen LogP contribution in [0.4, 0.5) is 0 Å². The minimum atomic E-state index is 0.0341. The van der Waals surface area contributed by atoms with Gasteiger partial charge in [-0.2, -0.15) is 0 Å². The predicted octanol–water partition coefficient (Wildman–Crippen LogP) is 5.07. The summed E-state index contributed by atoms with van der Waals surface area (Å²) in [7, 11) is 0. The zero-order valence-electron chi connectivity index (χ0n) is 10.1. The van der Waals surface area contributed by atoms with Crippen molar-refractivity contribution in [3.05, 3.63) is 68.1 Å². The largest absolute Gasteiger partial charge is 0.396 e. The smallest absolute Gasteiger partial charge is 0.0502 e. The lowest BCUT2D eigenvalue weighted by Crippen LogP contribution is -2.08. The lowest BCUT2D eigenvalue weighted by atomic mass is 9.93. The van der Waals surface area contributed by atoms with E-state index in [2.05, 4.69) is 15.9 Å². The molecule has 1 atom stereocenters. The third-order valence-corrected chi connectivity index (χ3v) is 4.16. The fourth-order valence-electron chi connectivity index (χ4n) is 1.98. The number of aliphatic hydroxyl groups is 1. The fourth-order valence-corrected chi connectivity index (χ4v) is 2.73. The molecule has 1 N–H and O–H groups in total. The van der Waals surface area contributed by atoms with Gasteiger partial charge in [0.05, 0.1) is 6.61 Å². The van der Waals surface area contributed by atoms with Crippen molar-refractivity contribution >= 4 is 39.1 Å². The second-order valence-electron chi connectivity index (χ2n) is 4.37. The Morgan fingerprint density at radius 2 is 1.74 bits per heavy atom. The van der Waals surface area contributed by atoms with Crippen molar-refractivity contribution in [2.45, 2.75) is 12.3 Å². The molecule has 0 fully saturated rings. The van der Waals surface area contributed by atoms with Gasteiger partial charge in [0, 0.05) is 20.4 Å². The summed E-state index contributed by atoms with van der Waals surface area (Å²) in [6.07, 6.45) is 0.689. The zero-order valence-corrected chi connectivity index (χ0v) is 13.2. The van der Waals surface area contributed by atoms with Gasteiger partial charge in [-0.05, 0) is 41.8 Å². The van der Waals surface area contributed by atoms with Crippen LogP contribution in [0.3, 0.4) is 0 Å². The molecule has 2 aromatic rings. The monoisotopic (exact) mass is 358 g/mol. The van der Waals surface area contributed by atoms with E-state index in [1.165, 1.54) is 0 Å². The summed E-state index contributed by atoms with van der Waals surface area (Å²) < 4.78 is 1.03. The molecule has 2 aromatic carbocycles. The average molecular weight is 360 g/mol. The number of hydrogen-bond donors (Lipinski definition) is 1. The second-order valence-corrected chi connectivity index (χ2v) is 6.13. The molecule has 4 heteroatoms. The van der Waals surface area contributed by atoms with Crippen LogP contribution in [0.1, 0.15) is 17.0 Å². The fraction of sp³-hybridized carbons (Fsp3) is 0.200. The highest BCUT2D eigenvalue weighted by molar-refractivity contribution is 9.10. The molecule has 0 bridgehead atoms. The van der Waals surface area contributed by atoms with Crippen LogP contribution in [0.25, 0.3) is 0 Å². The predicted molar refractivity (Wildman–Crippen MR) is 84.1 cm³/mol. The van der Waals surface area contributed by atoms with Crippen LogP contribution in [0, 0.1) is 0 Å². The molecule has 2 rings (SSSR count). The number of halogens is 3. The molecule has 0 saturated carbocycles. The third kappa shape index (κ3) is 3.96. The summed E-state index contributed by atoms with van der Waals surface area (Å²) in [6.45, 7) is 0.0839. The van der Waals surface area contributed by atoms with Crippen molar-refractivity contribution in [3.63, 3.8) is 0 Å². The average Bonchev–Trinajstić information content (AvgIpc) is 2.39. The second kappa shape index (κ2) is 6.76. The van der Waals surface area contributed by atoms with Gasteiger partial charge in [0.25, 0.3) is 0 Å². The molecule has 1 unspecified atom stereocenters. The normalized spacial score (nSPS) is 12.4. The Bertz CT molecular complexity index is 555. The molecular formula is C15H13BrCl2O. The van der Waals surface area contributed by atoms with Crippen molar-refractivity contribution in [2.75, 3.05) is 6.61 Å². The molecule has 0 aliphatic heterocycles. The first-order valence-corrected chi connectivity index (χ1v) is 7.45. The summed E-state index contributed by atoms with van der Waals surface area (Å²) in [5, 5.41) is 10.8. The Morgan fingerprint density at radius 3 is 2.32 bits per heavy atom. The van der Waals surface area contributed by atoms with Gasteiger partial charge in [0.1, 0.15) is 0 Å². The van der Waals surface area contributed by atoms with Crippen molar-refractivity contribution < 1.29 is 5.11 Å². The summed E-state index contributed by atoms with van der Waals surface area (Å²) in [5.41, 5.74) is 2.09. The van der Waals surface area contributed by atoms with Crippen LogP contribution in [-0.2, 0) is 6.42 Å². The van der Waals surface area contributed by atoms with Crippen LogP contribution < -0.4 is 0 Å². The number of hydrogen-bond acceptors (Lipinski definition) is 1. The van der Waals surface area contributed by atoms with Crippen molar-refractivity contribution in [1.29, 1.82) is 0 Å². The molecule has 0 spiro atoms. The van der Waals surface area contributed by atoms with Gasteiger partial charge in [-0.1, -0.05) is 57.3 Å². The molecule has 0 radical (unpaired) electrons. The van der Waals surface area contributed by atoms with Gasteiger partial charge in [0.2, 0.25) is 0 Å². The van der Waals surface area contributed by atoms with Crippen molar-refractivity contribution in [2.24, 2.45) is 0 Å². The lowest BCUT2D eigenvalue weighted by molar-refractivity contribution is 0.264.